The number of unbranched alkanes of at least 4 members (excludes halogenated alkanes) is 39. The maximum atomic E-state index is 12.9. The van der Waals surface area contributed by atoms with Crippen molar-refractivity contribution in [3.63, 3.8) is 0 Å². The molecule has 0 saturated heterocycles. The minimum Gasteiger partial charge on any atom is -0.462 e. The molecule has 0 aromatic rings. The van der Waals surface area contributed by atoms with Crippen molar-refractivity contribution in [2.75, 3.05) is 13.2 Å². The number of allylic oxidation sites excluding steroid dienone is 8. The van der Waals surface area contributed by atoms with Gasteiger partial charge in [-0.25, -0.2) is 0 Å². The number of carbonyl (C=O) groups is 3. The molecular weight excluding hydrogens is 889 g/mol. The first-order valence-corrected chi connectivity index (χ1v) is 31.6. The van der Waals surface area contributed by atoms with E-state index in [1.54, 1.807) is 0 Å². The normalized spacial score (nSPS) is 12.3. The van der Waals surface area contributed by atoms with Crippen molar-refractivity contribution in [2.45, 2.75) is 341 Å². The molecule has 0 radical (unpaired) electrons. The Bertz CT molecular complexity index is 1250. The Morgan fingerprint density at radius 1 is 0.292 bits per heavy atom. The van der Waals surface area contributed by atoms with Gasteiger partial charge in [-0.3, -0.25) is 14.4 Å². The Kier molecular flexibility index (Phi) is 58.7. The summed E-state index contributed by atoms with van der Waals surface area (Å²) < 4.78 is 16.9. The molecule has 0 amide bonds. The quantitative estimate of drug-likeness (QED) is 0.0261. The van der Waals surface area contributed by atoms with Crippen LogP contribution in [-0.4, -0.2) is 37.2 Å². The summed E-state index contributed by atoms with van der Waals surface area (Å²) in [4.78, 5) is 38.2. The highest BCUT2D eigenvalue weighted by Crippen LogP contribution is 2.18. The summed E-state index contributed by atoms with van der Waals surface area (Å²) in [5.41, 5.74) is 0. The lowest BCUT2D eigenvalue weighted by Crippen LogP contribution is -2.30. The van der Waals surface area contributed by atoms with E-state index in [0.717, 1.165) is 96.3 Å². The Hall–Kier alpha value is -2.63. The maximum Gasteiger partial charge on any atom is 0.306 e. The highest BCUT2D eigenvalue weighted by molar-refractivity contribution is 5.71. The average Bonchev–Trinajstić information content (AvgIpc) is 3.38. The first kappa shape index (κ1) is 69.4. The van der Waals surface area contributed by atoms with Gasteiger partial charge < -0.3 is 14.2 Å². The van der Waals surface area contributed by atoms with Crippen molar-refractivity contribution in [2.24, 2.45) is 0 Å². The topological polar surface area (TPSA) is 78.9 Å². The summed E-state index contributed by atoms with van der Waals surface area (Å²) in [6.07, 6.45) is 75.6. The molecule has 0 aromatic heterocycles. The van der Waals surface area contributed by atoms with Crippen molar-refractivity contribution >= 4 is 17.9 Å². The fourth-order valence-corrected chi connectivity index (χ4v) is 9.38. The third-order valence-corrected chi connectivity index (χ3v) is 14.1. The molecule has 0 bridgehead atoms. The zero-order chi connectivity index (χ0) is 52.2. The molecule has 0 aliphatic heterocycles. The Morgan fingerprint density at radius 3 is 0.847 bits per heavy atom. The van der Waals surface area contributed by atoms with Crippen LogP contribution in [0.5, 0.6) is 0 Å². The maximum absolute atomic E-state index is 12.9. The minimum absolute atomic E-state index is 0.0787. The van der Waals surface area contributed by atoms with E-state index in [0.29, 0.717) is 19.3 Å². The third-order valence-electron chi connectivity index (χ3n) is 14.1. The molecule has 0 spiro atoms. The Balaban J connectivity index is 4.21. The number of esters is 3. The number of carbonyl (C=O) groups excluding carboxylic acids is 3. The monoisotopic (exact) mass is 1010 g/mol. The highest BCUT2D eigenvalue weighted by Gasteiger charge is 2.19. The molecule has 0 saturated carbocycles. The first-order chi connectivity index (χ1) is 35.5. The second-order valence-corrected chi connectivity index (χ2v) is 21.3. The van der Waals surface area contributed by atoms with Crippen molar-refractivity contribution in [3.05, 3.63) is 48.6 Å². The second kappa shape index (κ2) is 60.9. The molecule has 6 heteroatoms. The van der Waals surface area contributed by atoms with Crippen molar-refractivity contribution < 1.29 is 28.6 Å². The van der Waals surface area contributed by atoms with Gasteiger partial charge in [-0.1, -0.05) is 307 Å². The molecule has 0 aromatic carbocycles. The van der Waals surface area contributed by atoms with E-state index < -0.39 is 6.10 Å². The van der Waals surface area contributed by atoms with Crippen LogP contribution in [0.15, 0.2) is 48.6 Å². The molecule has 0 aliphatic carbocycles. The van der Waals surface area contributed by atoms with Crippen LogP contribution in [0.2, 0.25) is 0 Å². The van der Waals surface area contributed by atoms with Crippen LogP contribution >= 0.6 is 0 Å². The van der Waals surface area contributed by atoms with E-state index >= 15 is 0 Å². The van der Waals surface area contributed by atoms with Gasteiger partial charge in [0.15, 0.2) is 6.10 Å². The van der Waals surface area contributed by atoms with E-state index in [-0.39, 0.29) is 31.1 Å². The lowest BCUT2D eigenvalue weighted by molar-refractivity contribution is -0.167. The Morgan fingerprint density at radius 2 is 0.542 bits per heavy atom. The number of ether oxygens (including phenoxy) is 3. The van der Waals surface area contributed by atoms with E-state index in [2.05, 4.69) is 69.4 Å². The highest BCUT2D eigenvalue weighted by atomic mass is 16.6. The third kappa shape index (κ3) is 58.3. The molecule has 1 atom stereocenters. The van der Waals surface area contributed by atoms with Crippen molar-refractivity contribution in [3.8, 4) is 0 Å². The molecule has 1 unspecified atom stereocenters. The molecule has 0 heterocycles. The van der Waals surface area contributed by atoms with E-state index in [4.69, 9.17) is 14.2 Å². The van der Waals surface area contributed by atoms with Gasteiger partial charge in [0, 0.05) is 19.3 Å². The predicted octanol–water partition coefficient (Wildman–Crippen LogP) is 21.4. The van der Waals surface area contributed by atoms with Crippen LogP contribution < -0.4 is 0 Å². The van der Waals surface area contributed by atoms with Gasteiger partial charge >= 0.3 is 17.9 Å². The van der Waals surface area contributed by atoms with Crippen LogP contribution in [0.25, 0.3) is 0 Å². The predicted molar refractivity (Wildman–Crippen MR) is 312 cm³/mol. The summed E-state index contributed by atoms with van der Waals surface area (Å²) in [6, 6.07) is 0. The molecule has 0 N–H and O–H groups in total. The van der Waals surface area contributed by atoms with Crippen LogP contribution in [0, 0.1) is 0 Å². The number of rotatable bonds is 58. The zero-order valence-corrected chi connectivity index (χ0v) is 48.2. The molecular formula is C66H120O6. The number of hydrogen-bond donors (Lipinski definition) is 0. The van der Waals surface area contributed by atoms with Crippen molar-refractivity contribution in [1.29, 1.82) is 0 Å². The SMILES string of the molecule is CC/C=C\C/C=C\C/C=C\C/C=C\CCCCCCC(=O)OC(COC(=O)CCCCCCCCCCCCC)COC(=O)CCCCCCCCCCCCCCCCCCCCCCCCCCCC. The van der Waals surface area contributed by atoms with Crippen molar-refractivity contribution in [1.82, 2.24) is 0 Å². The second-order valence-electron chi connectivity index (χ2n) is 21.3. The molecule has 0 rings (SSSR count). The number of hydrogen-bond acceptors (Lipinski definition) is 6. The largest absolute Gasteiger partial charge is 0.462 e. The summed E-state index contributed by atoms with van der Waals surface area (Å²) in [5.74, 6) is -0.884. The molecule has 6 nitrogen and oxygen atoms in total. The van der Waals surface area contributed by atoms with Gasteiger partial charge in [-0.2, -0.15) is 0 Å². The zero-order valence-electron chi connectivity index (χ0n) is 48.2. The molecule has 0 fully saturated rings. The summed E-state index contributed by atoms with van der Waals surface area (Å²) in [5, 5.41) is 0. The standard InChI is InChI=1S/C66H120O6/c1-4-7-10-13-16-19-22-24-26-28-29-30-31-32-33-34-35-36-38-39-41-44-47-50-53-56-59-65(68)71-62-63(61-70-64(67)58-55-52-49-46-43-21-18-15-12-9-6-3)72-66(69)60-57-54-51-48-45-42-40-37-27-25-23-20-17-14-11-8-5-2/h8,11,17,20,25,27,40,42,63H,4-7,9-10,12-16,18-19,21-24,26,28-39,41,43-62H2,1-3H3/b11-8-,20-17-,27-25-,42-40-. The van der Waals surface area contributed by atoms with Gasteiger partial charge in [0.25, 0.3) is 0 Å². The summed E-state index contributed by atoms with van der Waals surface area (Å²) in [7, 11) is 0. The van der Waals surface area contributed by atoms with Gasteiger partial charge in [0.05, 0.1) is 0 Å². The summed E-state index contributed by atoms with van der Waals surface area (Å²) >= 11 is 0. The lowest BCUT2D eigenvalue weighted by atomic mass is 10.0. The molecule has 0 aliphatic rings. The smallest absolute Gasteiger partial charge is 0.306 e. The molecule has 72 heavy (non-hydrogen) atoms. The molecule has 420 valence electrons. The van der Waals surface area contributed by atoms with E-state index in [1.165, 1.54) is 199 Å². The van der Waals surface area contributed by atoms with Gasteiger partial charge in [-0.15, -0.1) is 0 Å². The van der Waals surface area contributed by atoms with E-state index in [9.17, 15) is 14.4 Å². The fourth-order valence-electron chi connectivity index (χ4n) is 9.38. The van der Waals surface area contributed by atoms with E-state index in [1.807, 2.05) is 0 Å². The average molecular weight is 1010 g/mol. The fraction of sp³-hybridized carbons (Fsp3) is 0.833. The van der Waals surface area contributed by atoms with Crippen LogP contribution in [0.4, 0.5) is 0 Å². The van der Waals surface area contributed by atoms with Crippen LogP contribution in [0.1, 0.15) is 335 Å². The van der Waals surface area contributed by atoms with Crippen LogP contribution in [0.3, 0.4) is 0 Å². The van der Waals surface area contributed by atoms with Gasteiger partial charge in [-0.05, 0) is 57.8 Å². The first-order valence-electron chi connectivity index (χ1n) is 31.6. The van der Waals surface area contributed by atoms with Crippen LogP contribution in [-0.2, 0) is 28.6 Å². The minimum atomic E-state index is -0.783. The Labute approximate surface area is 448 Å². The van der Waals surface area contributed by atoms with Gasteiger partial charge in [0.2, 0.25) is 0 Å². The van der Waals surface area contributed by atoms with Gasteiger partial charge in [0.1, 0.15) is 13.2 Å². The summed E-state index contributed by atoms with van der Waals surface area (Å²) in [6.45, 7) is 6.55. The lowest BCUT2D eigenvalue weighted by Gasteiger charge is -2.18.